The fraction of sp³-hybridized carbons (Fsp3) is 0.150. The number of rotatable bonds is 6. The van der Waals surface area contributed by atoms with Gasteiger partial charge in [0.05, 0.1) is 24.3 Å². The van der Waals surface area contributed by atoms with Gasteiger partial charge in [-0.1, -0.05) is 0 Å². The van der Waals surface area contributed by atoms with Crippen molar-refractivity contribution in [2.45, 2.75) is 6.92 Å². The molecule has 0 spiro atoms. The van der Waals surface area contributed by atoms with Crippen LogP contribution in [0.2, 0.25) is 0 Å². The Morgan fingerprint density at radius 2 is 1.84 bits per heavy atom. The number of carbonyl (C=O) groups excluding carboxylic acids is 3. The van der Waals surface area contributed by atoms with E-state index < -0.39 is 39.8 Å². The summed E-state index contributed by atoms with van der Waals surface area (Å²) in [7, 11) is 1.15. The average Bonchev–Trinajstić information content (AvgIpc) is 2.73. The van der Waals surface area contributed by atoms with Gasteiger partial charge in [0.2, 0.25) is 0 Å². The van der Waals surface area contributed by atoms with E-state index in [2.05, 4.69) is 0 Å². The minimum Gasteiger partial charge on any atom is -0.865 e. The molecule has 0 bridgehead atoms. The maximum absolute atomic E-state index is 12.9. The van der Waals surface area contributed by atoms with Crippen LogP contribution in [0.15, 0.2) is 42.0 Å². The highest BCUT2D eigenvalue weighted by Crippen LogP contribution is 2.35. The zero-order chi connectivity index (χ0) is 22.7. The molecule has 2 aromatic carbocycles. The first-order chi connectivity index (χ1) is 14.8. The van der Waals surface area contributed by atoms with E-state index in [4.69, 9.17) is 9.47 Å². The van der Waals surface area contributed by atoms with Crippen molar-refractivity contribution >= 4 is 35.3 Å². The predicted molar refractivity (Wildman–Crippen MR) is 106 cm³/mol. The third-order valence-corrected chi connectivity index (χ3v) is 4.29. The SMILES string of the molecule is CCOc1ccc(N2C(=O)NC(=O)/C(=C/c3cc(OC)c([O-])c([N+](=O)[O-])c3)C2=O)cc1. The van der Waals surface area contributed by atoms with E-state index >= 15 is 0 Å². The average molecular weight is 426 g/mol. The molecule has 160 valence electrons. The Bertz CT molecular complexity index is 1110. The number of amides is 4. The van der Waals surface area contributed by atoms with Gasteiger partial charge in [0, 0.05) is 11.8 Å². The van der Waals surface area contributed by atoms with E-state index in [0.29, 0.717) is 12.4 Å². The van der Waals surface area contributed by atoms with Crippen LogP contribution < -0.4 is 24.8 Å². The number of carbonyl (C=O) groups is 3. The van der Waals surface area contributed by atoms with Crippen molar-refractivity contribution in [3.05, 3.63) is 57.6 Å². The quantitative estimate of drug-likeness (QED) is 0.317. The summed E-state index contributed by atoms with van der Waals surface area (Å²) < 4.78 is 10.2. The Morgan fingerprint density at radius 1 is 1.16 bits per heavy atom. The molecule has 1 saturated heterocycles. The van der Waals surface area contributed by atoms with Crippen LogP contribution >= 0.6 is 0 Å². The maximum Gasteiger partial charge on any atom is 0.335 e. The van der Waals surface area contributed by atoms with Gasteiger partial charge in [0.1, 0.15) is 17.1 Å². The molecular weight excluding hydrogens is 410 g/mol. The lowest BCUT2D eigenvalue weighted by Crippen LogP contribution is -2.54. The third kappa shape index (κ3) is 4.15. The van der Waals surface area contributed by atoms with Crippen LogP contribution in [0.5, 0.6) is 17.2 Å². The van der Waals surface area contributed by atoms with Gasteiger partial charge in [0.15, 0.2) is 0 Å². The number of methoxy groups -OCH3 is 1. The van der Waals surface area contributed by atoms with E-state index in [1.54, 1.807) is 19.1 Å². The molecule has 31 heavy (non-hydrogen) atoms. The number of barbiturate groups is 1. The Hall–Kier alpha value is -4.41. The normalized spacial score (nSPS) is 15.1. The van der Waals surface area contributed by atoms with Gasteiger partial charge in [-0.25, -0.2) is 9.69 Å². The second-order valence-electron chi connectivity index (χ2n) is 6.21. The largest absolute Gasteiger partial charge is 0.865 e. The number of nitro groups is 1. The molecule has 0 aliphatic carbocycles. The zero-order valence-corrected chi connectivity index (χ0v) is 16.4. The molecule has 0 radical (unpaired) electrons. The molecule has 0 atom stereocenters. The maximum atomic E-state index is 12.9. The van der Waals surface area contributed by atoms with Crippen LogP contribution in [0.4, 0.5) is 16.2 Å². The Labute approximate surface area is 175 Å². The standard InChI is InChI=1S/C20H17N3O8/c1-3-31-13-6-4-12(5-7-13)22-19(26)14(18(25)21-20(22)27)8-11-9-15(23(28)29)17(24)16(10-11)30-2/h4-10,24H,3H2,1-2H3,(H,21,25,27)/p-1/b14-8-. The molecule has 0 saturated carbocycles. The molecule has 1 aliphatic heterocycles. The van der Waals surface area contributed by atoms with Crippen molar-refractivity contribution in [1.29, 1.82) is 0 Å². The minimum atomic E-state index is -0.981. The summed E-state index contributed by atoms with van der Waals surface area (Å²) in [6.07, 6.45) is 1.04. The molecule has 11 heteroatoms. The number of nitrogens with zero attached hydrogens (tertiary/aromatic N) is 2. The summed E-state index contributed by atoms with van der Waals surface area (Å²) in [5.41, 5.74) is -1.05. The van der Waals surface area contributed by atoms with E-state index in [9.17, 15) is 29.6 Å². The molecule has 1 N–H and O–H groups in total. The second-order valence-corrected chi connectivity index (χ2v) is 6.21. The monoisotopic (exact) mass is 426 g/mol. The molecule has 11 nitrogen and oxygen atoms in total. The highest BCUT2D eigenvalue weighted by molar-refractivity contribution is 6.39. The van der Waals surface area contributed by atoms with Crippen molar-refractivity contribution in [2.24, 2.45) is 0 Å². The number of hydrogen-bond donors (Lipinski definition) is 1. The van der Waals surface area contributed by atoms with Crippen LogP contribution in [0.1, 0.15) is 12.5 Å². The number of benzene rings is 2. The van der Waals surface area contributed by atoms with Gasteiger partial charge >= 0.3 is 6.03 Å². The smallest absolute Gasteiger partial charge is 0.335 e. The summed E-state index contributed by atoms with van der Waals surface area (Å²) in [4.78, 5) is 48.5. The van der Waals surface area contributed by atoms with Crippen LogP contribution in [-0.4, -0.2) is 36.5 Å². The van der Waals surface area contributed by atoms with E-state index in [1.165, 1.54) is 12.1 Å². The number of nitrogens with one attached hydrogen (secondary N) is 1. The lowest BCUT2D eigenvalue weighted by atomic mass is 10.1. The first kappa shape index (κ1) is 21.3. The molecule has 1 aliphatic rings. The van der Waals surface area contributed by atoms with Gasteiger partial charge in [-0.2, -0.15) is 0 Å². The summed E-state index contributed by atoms with van der Waals surface area (Å²) in [5, 5.41) is 25.2. The lowest BCUT2D eigenvalue weighted by Gasteiger charge is -2.26. The third-order valence-electron chi connectivity index (χ3n) is 4.29. The molecular formula is C20H16N3O8-. The molecule has 0 aromatic heterocycles. The number of urea groups is 1. The van der Waals surface area contributed by atoms with Gasteiger partial charge in [-0.05, 0) is 48.9 Å². The van der Waals surface area contributed by atoms with E-state index in [1.807, 2.05) is 5.32 Å². The fourth-order valence-electron chi connectivity index (χ4n) is 2.90. The minimum absolute atomic E-state index is 0.00245. The van der Waals surface area contributed by atoms with Gasteiger partial charge in [0.25, 0.3) is 17.5 Å². The first-order valence-corrected chi connectivity index (χ1v) is 8.94. The highest BCUT2D eigenvalue weighted by Gasteiger charge is 2.37. The molecule has 1 fully saturated rings. The van der Waals surface area contributed by atoms with Crippen molar-refractivity contribution < 1.29 is 33.9 Å². The number of nitro benzene ring substituents is 1. The van der Waals surface area contributed by atoms with Crippen LogP contribution in [0.25, 0.3) is 6.08 Å². The zero-order valence-electron chi connectivity index (χ0n) is 16.4. The van der Waals surface area contributed by atoms with E-state index in [-0.39, 0.29) is 17.0 Å². The number of anilines is 1. The van der Waals surface area contributed by atoms with Crippen LogP contribution in [0.3, 0.4) is 0 Å². The number of ether oxygens (including phenoxy) is 2. The predicted octanol–water partition coefficient (Wildman–Crippen LogP) is 1.74. The van der Waals surface area contributed by atoms with Gasteiger partial charge in [-0.3, -0.25) is 25.0 Å². The summed E-state index contributed by atoms with van der Waals surface area (Å²) in [6.45, 7) is 2.23. The fourth-order valence-corrected chi connectivity index (χ4v) is 2.90. The Kier molecular flexibility index (Phi) is 5.86. The van der Waals surface area contributed by atoms with Crippen LogP contribution in [0, 0.1) is 10.1 Å². The van der Waals surface area contributed by atoms with Crippen molar-refractivity contribution in [2.75, 3.05) is 18.6 Å². The molecule has 1 heterocycles. The number of imide groups is 2. The Balaban J connectivity index is 2.03. The van der Waals surface area contributed by atoms with Crippen LogP contribution in [-0.2, 0) is 9.59 Å². The van der Waals surface area contributed by atoms with Gasteiger partial charge in [-0.15, -0.1) is 0 Å². The molecule has 2 aromatic rings. The summed E-state index contributed by atoms with van der Waals surface area (Å²) >= 11 is 0. The van der Waals surface area contributed by atoms with E-state index in [0.717, 1.165) is 30.2 Å². The molecule has 0 unspecified atom stereocenters. The molecule has 3 rings (SSSR count). The summed E-state index contributed by atoms with van der Waals surface area (Å²) in [5.74, 6) is -2.67. The Morgan fingerprint density at radius 3 is 2.42 bits per heavy atom. The molecule has 4 amide bonds. The second kappa shape index (κ2) is 8.53. The van der Waals surface area contributed by atoms with Crippen molar-refractivity contribution in [3.8, 4) is 17.2 Å². The van der Waals surface area contributed by atoms with Crippen molar-refractivity contribution in [3.63, 3.8) is 0 Å². The highest BCUT2D eigenvalue weighted by atomic mass is 16.6. The lowest BCUT2D eigenvalue weighted by molar-refractivity contribution is -0.398. The first-order valence-electron chi connectivity index (χ1n) is 8.94. The topological polar surface area (TPSA) is 151 Å². The van der Waals surface area contributed by atoms with Crippen molar-refractivity contribution in [1.82, 2.24) is 5.32 Å². The summed E-state index contributed by atoms with van der Waals surface area (Å²) in [6, 6.07) is 7.17. The number of hydrogen-bond acceptors (Lipinski definition) is 8. The van der Waals surface area contributed by atoms with Gasteiger partial charge < -0.3 is 14.6 Å².